The van der Waals surface area contributed by atoms with Gasteiger partial charge in [0.1, 0.15) is 0 Å². The average molecular weight is 194 g/mol. The van der Waals surface area contributed by atoms with Crippen LogP contribution in [0.1, 0.15) is 0 Å². The highest BCUT2D eigenvalue weighted by Crippen LogP contribution is 1.91. The lowest BCUT2D eigenvalue weighted by molar-refractivity contribution is -0.268. The minimum absolute atomic E-state index is 1.07. The van der Waals surface area contributed by atoms with Gasteiger partial charge in [-0.3, -0.25) is 0 Å². The summed E-state index contributed by atoms with van der Waals surface area (Å²) in [5, 5.41) is 0. The van der Waals surface area contributed by atoms with Crippen LogP contribution in [0, 0.1) is 0 Å². The lowest BCUT2D eigenvalue weighted by atomic mass is 10.6. The highest BCUT2D eigenvalue weighted by molar-refractivity contribution is 14.1. The molecule has 0 saturated carbocycles. The summed E-state index contributed by atoms with van der Waals surface area (Å²) in [6.45, 7) is 1.07. The van der Waals surface area contributed by atoms with Gasteiger partial charge in [-0.1, -0.05) is 0 Å². The van der Waals surface area contributed by atoms with Crippen LogP contribution in [0.2, 0.25) is 0 Å². The second-order valence-corrected chi connectivity index (χ2v) is 2.40. The molecule has 0 unspecified atom stereocenters. The normalized spacial score (nSPS) is 18.5. The van der Waals surface area contributed by atoms with E-state index in [0.717, 1.165) is 6.54 Å². The van der Waals surface area contributed by atoms with Crippen molar-refractivity contribution in [3.05, 3.63) is 12.2 Å². The summed E-state index contributed by atoms with van der Waals surface area (Å²) in [6, 6.07) is 0. The Bertz CT molecular complexity index is 104. The second kappa shape index (κ2) is 1.73. The van der Waals surface area contributed by atoms with Crippen molar-refractivity contribution < 1.29 is 2.79 Å². The minimum atomic E-state index is 1.07. The summed E-state index contributed by atoms with van der Waals surface area (Å²) in [6.07, 6.45) is 6.21. The molecule has 1 aliphatic rings. The molecule has 6 heavy (non-hydrogen) atoms. The summed E-state index contributed by atoms with van der Waals surface area (Å²) in [4.78, 5) is 0. The van der Waals surface area contributed by atoms with Crippen molar-refractivity contribution in [2.24, 2.45) is 0 Å². The highest BCUT2D eigenvalue weighted by atomic mass is 127. The van der Waals surface area contributed by atoms with E-state index in [-0.39, 0.29) is 0 Å². The molecule has 0 bridgehead atoms. The first-order valence-electron chi connectivity index (χ1n) is 1.82. The molecule has 0 aromatic rings. The molecule has 0 aliphatic carbocycles. The molecule has 0 spiro atoms. The van der Waals surface area contributed by atoms with E-state index in [2.05, 4.69) is 31.7 Å². The maximum Gasteiger partial charge on any atom is 0.347 e. The van der Waals surface area contributed by atoms with E-state index >= 15 is 0 Å². The largest absolute Gasteiger partial charge is 0.347 e. The number of nitrogens with zero attached hydrogens (tertiary/aromatic N) is 1. The zero-order valence-electron chi connectivity index (χ0n) is 3.26. The second-order valence-electron chi connectivity index (χ2n) is 1.16. The van der Waals surface area contributed by atoms with Crippen LogP contribution < -0.4 is 0 Å². The van der Waals surface area contributed by atoms with Crippen molar-refractivity contribution in [2.45, 2.75) is 0 Å². The molecule has 1 aliphatic heterocycles. The van der Waals surface area contributed by atoms with E-state index in [4.69, 9.17) is 0 Å². The Balaban J connectivity index is 2.61. The predicted molar refractivity (Wildman–Crippen MR) is 34.4 cm³/mol. The van der Waals surface area contributed by atoms with Gasteiger partial charge >= 0.3 is 22.9 Å². The van der Waals surface area contributed by atoms with Gasteiger partial charge in [0, 0.05) is 6.08 Å². The number of hydrogen-bond donors (Lipinski definition) is 0. The topological polar surface area (TPSA) is 3.01 Å². The fraction of sp³-hybridized carbons (Fsp3) is 0.250. The number of rotatable bonds is 0. The summed E-state index contributed by atoms with van der Waals surface area (Å²) >= 11 is 2.25. The van der Waals surface area contributed by atoms with Crippen LogP contribution in [0.15, 0.2) is 12.2 Å². The maximum atomic E-state index is 2.25. The van der Waals surface area contributed by atoms with Crippen LogP contribution in [0.3, 0.4) is 0 Å². The Morgan fingerprint density at radius 1 is 1.67 bits per heavy atom. The molecule has 0 N–H and O–H groups in total. The SMILES string of the molecule is I[N+]1=CC=CC1. The van der Waals surface area contributed by atoms with Crippen molar-refractivity contribution in [1.82, 2.24) is 0 Å². The third kappa shape index (κ3) is 0.801. The van der Waals surface area contributed by atoms with Crippen LogP contribution >= 0.6 is 22.9 Å². The van der Waals surface area contributed by atoms with Crippen molar-refractivity contribution >= 4 is 29.1 Å². The molecule has 1 rings (SSSR count). The van der Waals surface area contributed by atoms with Gasteiger partial charge in [0.25, 0.3) is 0 Å². The lowest BCUT2D eigenvalue weighted by Crippen LogP contribution is -1.88. The van der Waals surface area contributed by atoms with E-state index in [9.17, 15) is 0 Å². The van der Waals surface area contributed by atoms with Crippen molar-refractivity contribution in [2.75, 3.05) is 6.54 Å². The van der Waals surface area contributed by atoms with Gasteiger partial charge in [0.05, 0.1) is 0 Å². The molecule has 32 valence electrons. The lowest BCUT2D eigenvalue weighted by Gasteiger charge is -1.71. The van der Waals surface area contributed by atoms with Gasteiger partial charge in [-0.2, -0.15) is 2.79 Å². The number of hydrogen-bond acceptors (Lipinski definition) is 0. The van der Waals surface area contributed by atoms with Crippen molar-refractivity contribution in [3.63, 3.8) is 0 Å². The van der Waals surface area contributed by atoms with E-state index in [0.29, 0.717) is 0 Å². The summed E-state index contributed by atoms with van der Waals surface area (Å²) in [7, 11) is 0. The minimum Gasteiger partial charge on any atom is -0.172 e. The predicted octanol–water partition coefficient (Wildman–Crippen LogP) is 0.990. The fourth-order valence-corrected chi connectivity index (χ4v) is 0.790. The van der Waals surface area contributed by atoms with Gasteiger partial charge in [-0.05, 0) is 6.08 Å². The zero-order chi connectivity index (χ0) is 4.41. The Morgan fingerprint density at radius 2 is 2.50 bits per heavy atom. The molecule has 1 nitrogen and oxygen atoms in total. The van der Waals surface area contributed by atoms with Gasteiger partial charge in [0.15, 0.2) is 12.8 Å². The summed E-state index contributed by atoms with van der Waals surface area (Å²) in [5.41, 5.74) is 0. The maximum absolute atomic E-state index is 2.25. The summed E-state index contributed by atoms with van der Waals surface area (Å²) < 4.78 is 2.09. The molecular formula is C4H5IN+. The van der Waals surface area contributed by atoms with Crippen LogP contribution in [-0.2, 0) is 0 Å². The van der Waals surface area contributed by atoms with Gasteiger partial charge in [-0.25, -0.2) is 0 Å². The molecule has 0 atom stereocenters. The standard InChI is InChI=1S/C4H5IN/c5-6-3-1-2-4-6/h1-3H,4H2/q+1. The number of allylic oxidation sites excluding steroid dienone is 1. The number of halogens is 1. The fourth-order valence-electron chi connectivity index (χ4n) is 0.377. The van der Waals surface area contributed by atoms with E-state index in [1.807, 2.05) is 12.3 Å². The van der Waals surface area contributed by atoms with Gasteiger partial charge in [-0.15, -0.1) is 0 Å². The van der Waals surface area contributed by atoms with E-state index < -0.39 is 0 Å². The molecular weight excluding hydrogens is 189 g/mol. The molecule has 1 heterocycles. The van der Waals surface area contributed by atoms with Crippen molar-refractivity contribution in [1.29, 1.82) is 0 Å². The molecule has 0 aromatic carbocycles. The third-order valence-corrected chi connectivity index (χ3v) is 1.38. The first-order valence-corrected chi connectivity index (χ1v) is 2.78. The summed E-state index contributed by atoms with van der Waals surface area (Å²) in [5.74, 6) is 0. The Hall–Kier alpha value is 0.140. The Morgan fingerprint density at radius 3 is 2.67 bits per heavy atom. The van der Waals surface area contributed by atoms with Crippen LogP contribution in [0.5, 0.6) is 0 Å². The zero-order valence-corrected chi connectivity index (χ0v) is 5.42. The third-order valence-electron chi connectivity index (χ3n) is 0.664. The van der Waals surface area contributed by atoms with Gasteiger partial charge in [0.2, 0.25) is 0 Å². The molecule has 0 radical (unpaired) electrons. The van der Waals surface area contributed by atoms with Crippen molar-refractivity contribution in [3.8, 4) is 0 Å². The van der Waals surface area contributed by atoms with Crippen LogP contribution in [-0.4, -0.2) is 15.5 Å². The molecule has 2 heteroatoms. The van der Waals surface area contributed by atoms with E-state index in [1.165, 1.54) is 0 Å². The Labute approximate surface area is 50.9 Å². The Kier molecular flexibility index (Phi) is 1.24. The van der Waals surface area contributed by atoms with Crippen LogP contribution in [0.4, 0.5) is 0 Å². The average Bonchev–Trinajstić information content (AvgIpc) is 1.86. The van der Waals surface area contributed by atoms with Gasteiger partial charge < -0.3 is 0 Å². The monoisotopic (exact) mass is 194 g/mol. The molecule has 0 fully saturated rings. The molecule has 0 aromatic heterocycles. The highest BCUT2D eigenvalue weighted by Gasteiger charge is 1.96. The van der Waals surface area contributed by atoms with Crippen LogP contribution in [0.25, 0.3) is 0 Å². The first kappa shape index (κ1) is 4.30. The molecule has 0 amide bonds. The van der Waals surface area contributed by atoms with E-state index in [1.54, 1.807) is 0 Å². The smallest absolute Gasteiger partial charge is 0.172 e. The quantitative estimate of drug-likeness (QED) is 0.399. The molecule has 0 saturated heterocycles. The first-order chi connectivity index (χ1) is 2.89.